The highest BCUT2D eigenvalue weighted by Crippen LogP contribution is 2.31. The van der Waals surface area contributed by atoms with Crippen LogP contribution >= 0.6 is 11.6 Å². The summed E-state index contributed by atoms with van der Waals surface area (Å²) in [5.41, 5.74) is 3.63. The topological polar surface area (TPSA) is 78.6 Å². The quantitative estimate of drug-likeness (QED) is 0.599. The van der Waals surface area contributed by atoms with Crippen LogP contribution in [0.15, 0.2) is 29.0 Å². The van der Waals surface area contributed by atoms with Crippen molar-refractivity contribution in [1.82, 2.24) is 20.0 Å². The van der Waals surface area contributed by atoms with Crippen LogP contribution in [0, 0.1) is 19.8 Å². The first-order chi connectivity index (χ1) is 15.5. The number of anilines is 2. The molecule has 2 aliphatic heterocycles. The molecule has 0 N–H and O–H groups in total. The van der Waals surface area contributed by atoms with Crippen molar-refractivity contribution in [3.8, 4) is 0 Å². The number of carbonyl (C=O) groups excluding carboxylic acids is 1. The van der Waals surface area contributed by atoms with E-state index in [2.05, 4.69) is 31.8 Å². The molecule has 2 aliphatic rings. The first-order valence-corrected chi connectivity index (χ1v) is 11.5. The molecule has 2 fully saturated rings. The third-order valence-electron chi connectivity index (χ3n) is 6.60. The fraction of sp³-hybridized carbons (Fsp3) is 0.478. The molecule has 4 heterocycles. The number of hydrogen-bond acceptors (Lipinski definition) is 7. The molecule has 5 rings (SSSR count). The molecule has 0 spiro atoms. The number of rotatable bonds is 3. The lowest BCUT2D eigenvalue weighted by molar-refractivity contribution is -0.136. The normalized spacial score (nSPS) is 19.6. The Kier molecular flexibility index (Phi) is 5.63. The number of aryl methyl sites for hydroxylation is 2. The van der Waals surface area contributed by atoms with Gasteiger partial charge in [-0.05, 0) is 44.4 Å². The van der Waals surface area contributed by atoms with E-state index in [1.165, 1.54) is 11.9 Å². The zero-order valence-electron chi connectivity index (χ0n) is 18.4. The van der Waals surface area contributed by atoms with Crippen molar-refractivity contribution in [2.24, 2.45) is 5.92 Å². The van der Waals surface area contributed by atoms with E-state index >= 15 is 0 Å². The molecule has 9 heteroatoms. The molecular weight excluding hydrogens is 428 g/mol. The van der Waals surface area contributed by atoms with Gasteiger partial charge in [-0.25, -0.2) is 4.98 Å². The Morgan fingerprint density at radius 1 is 1.09 bits per heavy atom. The summed E-state index contributed by atoms with van der Waals surface area (Å²) >= 11 is 6.21. The lowest BCUT2D eigenvalue weighted by Gasteiger charge is -2.40. The molecule has 168 valence electrons. The Morgan fingerprint density at radius 2 is 1.91 bits per heavy atom. The molecule has 2 aromatic heterocycles. The van der Waals surface area contributed by atoms with Crippen LogP contribution in [0.1, 0.15) is 24.1 Å². The van der Waals surface area contributed by atoms with Gasteiger partial charge in [-0.15, -0.1) is 0 Å². The van der Waals surface area contributed by atoms with Crippen LogP contribution in [0.4, 0.5) is 11.5 Å². The first kappa shape index (κ1) is 21.0. The highest BCUT2D eigenvalue weighted by Gasteiger charge is 2.32. The number of halogens is 1. The molecule has 1 unspecified atom stereocenters. The number of nitrogens with zero attached hydrogens (tertiary/aromatic N) is 6. The monoisotopic (exact) mass is 454 g/mol. The fourth-order valence-corrected chi connectivity index (χ4v) is 5.03. The van der Waals surface area contributed by atoms with Gasteiger partial charge in [0.25, 0.3) is 5.71 Å². The molecule has 0 aliphatic carbocycles. The van der Waals surface area contributed by atoms with Crippen LogP contribution in [0.2, 0.25) is 5.02 Å². The van der Waals surface area contributed by atoms with E-state index in [-0.39, 0.29) is 11.8 Å². The minimum atomic E-state index is -0.0339. The maximum atomic E-state index is 13.4. The largest absolute Gasteiger partial charge is 0.368 e. The predicted octanol–water partition coefficient (Wildman–Crippen LogP) is 3.45. The average Bonchev–Trinajstić information content (AvgIpc) is 3.21. The lowest BCUT2D eigenvalue weighted by Crippen LogP contribution is -2.52. The Balaban J connectivity index is 1.26. The third-order valence-corrected chi connectivity index (χ3v) is 6.83. The minimum absolute atomic E-state index is 0.0339. The summed E-state index contributed by atoms with van der Waals surface area (Å²) in [5.74, 6) is 1.02. The van der Waals surface area contributed by atoms with Crippen LogP contribution < -0.4 is 9.80 Å². The van der Waals surface area contributed by atoms with E-state index in [1.54, 1.807) is 0 Å². The molecule has 1 amide bonds. The molecule has 32 heavy (non-hydrogen) atoms. The minimum Gasteiger partial charge on any atom is -0.368 e. The molecule has 1 atom stereocenters. The van der Waals surface area contributed by atoms with Crippen molar-refractivity contribution < 1.29 is 9.32 Å². The second-order valence-electron chi connectivity index (χ2n) is 8.67. The van der Waals surface area contributed by atoms with Gasteiger partial charge in [-0.3, -0.25) is 4.79 Å². The van der Waals surface area contributed by atoms with E-state index < -0.39 is 0 Å². The molecule has 0 radical (unpaired) electrons. The van der Waals surface area contributed by atoms with Crippen LogP contribution in [-0.2, 0) is 4.79 Å². The summed E-state index contributed by atoms with van der Waals surface area (Å²) in [6.07, 6.45) is 3.36. The Labute approximate surface area is 192 Å². The van der Waals surface area contributed by atoms with Crippen LogP contribution in [0.25, 0.3) is 11.1 Å². The van der Waals surface area contributed by atoms with E-state index in [9.17, 15) is 4.79 Å². The number of hydrogen-bond donors (Lipinski definition) is 0. The molecule has 2 saturated heterocycles. The summed E-state index contributed by atoms with van der Waals surface area (Å²) in [7, 11) is 0. The smallest absolute Gasteiger partial charge is 0.263 e. The number of aromatic nitrogens is 3. The van der Waals surface area contributed by atoms with Gasteiger partial charge in [0.1, 0.15) is 17.5 Å². The van der Waals surface area contributed by atoms with Crippen molar-refractivity contribution in [3.05, 3.63) is 40.8 Å². The van der Waals surface area contributed by atoms with Gasteiger partial charge in [0.05, 0.1) is 11.6 Å². The Bertz CT molecular complexity index is 1140. The van der Waals surface area contributed by atoms with Gasteiger partial charge in [0, 0.05) is 50.0 Å². The highest BCUT2D eigenvalue weighted by molar-refractivity contribution is 6.30. The number of amides is 1. The molecule has 0 bridgehead atoms. The third kappa shape index (κ3) is 3.88. The Hall–Kier alpha value is -2.87. The zero-order valence-corrected chi connectivity index (χ0v) is 19.2. The zero-order chi connectivity index (χ0) is 22.2. The van der Waals surface area contributed by atoms with Gasteiger partial charge in [0.2, 0.25) is 5.91 Å². The number of fused-ring (bicyclic) bond motifs is 1. The number of benzene rings is 1. The molecule has 1 aromatic carbocycles. The molecule has 0 saturated carbocycles. The van der Waals surface area contributed by atoms with Crippen LogP contribution in [0.5, 0.6) is 0 Å². The van der Waals surface area contributed by atoms with Gasteiger partial charge in [-0.2, -0.15) is 4.98 Å². The second kappa shape index (κ2) is 8.58. The van der Waals surface area contributed by atoms with Gasteiger partial charge >= 0.3 is 0 Å². The van der Waals surface area contributed by atoms with Gasteiger partial charge in [-0.1, -0.05) is 22.8 Å². The van der Waals surface area contributed by atoms with E-state index in [4.69, 9.17) is 16.1 Å². The SMILES string of the molecule is Cc1ccc(Cl)cc1N1CCN(C(=O)C2CCCN(c3ncnc4onc(C)c34)C2)CC1. The van der Waals surface area contributed by atoms with Crippen molar-refractivity contribution in [3.63, 3.8) is 0 Å². The summed E-state index contributed by atoms with van der Waals surface area (Å²) in [5, 5.41) is 5.61. The summed E-state index contributed by atoms with van der Waals surface area (Å²) in [6, 6.07) is 5.98. The van der Waals surface area contributed by atoms with Crippen molar-refractivity contribution in [2.75, 3.05) is 49.1 Å². The second-order valence-corrected chi connectivity index (χ2v) is 9.11. The standard InChI is InChI=1S/C23H27ClN6O2/c1-15-5-6-18(24)12-19(15)28-8-10-29(11-9-28)23(31)17-4-3-7-30(13-17)21-20-16(2)27-32-22(20)26-14-25-21/h5-6,12,14,17H,3-4,7-11,13H2,1-2H3. The molecule has 8 nitrogen and oxygen atoms in total. The van der Waals surface area contributed by atoms with Gasteiger partial charge in [0.15, 0.2) is 0 Å². The summed E-state index contributed by atoms with van der Waals surface area (Å²) < 4.78 is 5.30. The summed E-state index contributed by atoms with van der Waals surface area (Å²) in [6.45, 7) is 8.60. The van der Waals surface area contributed by atoms with E-state index in [1.807, 2.05) is 30.0 Å². The Morgan fingerprint density at radius 3 is 2.72 bits per heavy atom. The average molecular weight is 455 g/mol. The van der Waals surface area contributed by atoms with Gasteiger partial charge < -0.3 is 19.2 Å². The maximum absolute atomic E-state index is 13.4. The van der Waals surface area contributed by atoms with Crippen LogP contribution in [-0.4, -0.2) is 65.2 Å². The number of piperidine rings is 1. The van der Waals surface area contributed by atoms with Crippen molar-refractivity contribution in [1.29, 1.82) is 0 Å². The van der Waals surface area contributed by atoms with Crippen molar-refractivity contribution in [2.45, 2.75) is 26.7 Å². The molecule has 3 aromatic rings. The van der Waals surface area contributed by atoms with Crippen molar-refractivity contribution >= 4 is 40.1 Å². The fourth-order valence-electron chi connectivity index (χ4n) is 4.86. The van der Waals surface area contributed by atoms with Crippen LogP contribution in [0.3, 0.4) is 0 Å². The van der Waals surface area contributed by atoms with E-state index in [0.29, 0.717) is 12.3 Å². The maximum Gasteiger partial charge on any atom is 0.263 e. The lowest BCUT2D eigenvalue weighted by atomic mass is 9.96. The predicted molar refractivity (Wildman–Crippen MR) is 124 cm³/mol. The number of piperazine rings is 1. The first-order valence-electron chi connectivity index (χ1n) is 11.1. The highest BCUT2D eigenvalue weighted by atomic mass is 35.5. The van der Waals surface area contributed by atoms with E-state index in [0.717, 1.165) is 73.2 Å². The molecular formula is C23H27ClN6O2. The summed E-state index contributed by atoms with van der Waals surface area (Å²) in [4.78, 5) is 28.6. The number of carbonyl (C=O) groups is 1.